The fraction of sp³-hybridized carbons (Fsp3) is 0.529. The lowest BCUT2D eigenvalue weighted by molar-refractivity contribution is -0.119. The first kappa shape index (κ1) is 17.3. The zero-order valence-electron chi connectivity index (χ0n) is 14.3. The Morgan fingerprint density at radius 2 is 1.96 bits per heavy atom. The van der Waals surface area contributed by atoms with Crippen LogP contribution in [0.3, 0.4) is 0 Å². The van der Waals surface area contributed by atoms with Crippen LogP contribution in [0.2, 0.25) is 0 Å². The summed E-state index contributed by atoms with van der Waals surface area (Å²) in [6, 6.07) is 6.66. The highest BCUT2D eigenvalue weighted by atomic mass is 32.2. The van der Waals surface area contributed by atoms with E-state index in [2.05, 4.69) is 0 Å². The third kappa shape index (κ3) is 2.65. The molecule has 138 valence electrons. The lowest BCUT2D eigenvalue weighted by Gasteiger charge is -2.39. The second kappa shape index (κ2) is 6.54. The Kier molecular flexibility index (Phi) is 4.34. The first-order valence-electron chi connectivity index (χ1n) is 8.71. The van der Waals surface area contributed by atoms with Gasteiger partial charge in [0.15, 0.2) is 0 Å². The molecule has 9 heteroatoms. The van der Waals surface area contributed by atoms with Crippen LogP contribution in [-0.4, -0.2) is 64.1 Å². The van der Waals surface area contributed by atoms with E-state index in [4.69, 9.17) is 10.00 Å². The van der Waals surface area contributed by atoms with E-state index in [0.29, 0.717) is 32.0 Å². The molecule has 8 nitrogen and oxygen atoms in total. The number of sulfonamides is 1. The van der Waals surface area contributed by atoms with E-state index in [1.807, 2.05) is 11.0 Å². The number of nitriles is 1. The summed E-state index contributed by atoms with van der Waals surface area (Å²) in [5.74, 6) is -0.127. The molecule has 3 aliphatic rings. The number of carbonyl (C=O) groups excluding carboxylic acids is 1. The molecule has 3 heterocycles. The Bertz CT molecular complexity index is 873. The number of morpholine rings is 1. The number of rotatable bonds is 3. The molecular formula is C17H20N4O4S. The van der Waals surface area contributed by atoms with Crippen LogP contribution in [0.1, 0.15) is 12.8 Å². The fourth-order valence-corrected chi connectivity index (χ4v) is 5.33. The molecule has 0 unspecified atom stereocenters. The van der Waals surface area contributed by atoms with Crippen molar-refractivity contribution < 1.29 is 17.9 Å². The molecule has 0 bridgehead atoms. The number of fused-ring (bicyclic) bond motifs is 3. The van der Waals surface area contributed by atoms with Crippen molar-refractivity contribution in [3.8, 4) is 6.07 Å². The summed E-state index contributed by atoms with van der Waals surface area (Å²) in [5, 5.41) is 9.14. The third-order valence-corrected chi connectivity index (χ3v) is 7.08. The molecule has 0 N–H and O–H groups in total. The molecular weight excluding hydrogens is 356 g/mol. The minimum Gasteiger partial charge on any atom is -0.379 e. The van der Waals surface area contributed by atoms with Crippen LogP contribution in [0.15, 0.2) is 23.1 Å². The molecule has 4 rings (SSSR count). The van der Waals surface area contributed by atoms with Crippen molar-refractivity contribution >= 4 is 27.3 Å². The van der Waals surface area contributed by atoms with Crippen molar-refractivity contribution in [2.45, 2.75) is 23.8 Å². The maximum Gasteiger partial charge on any atom is 0.250 e. The van der Waals surface area contributed by atoms with Crippen LogP contribution in [0.5, 0.6) is 0 Å². The second-order valence-corrected chi connectivity index (χ2v) is 8.54. The molecule has 0 aliphatic carbocycles. The number of amides is 1. The maximum absolute atomic E-state index is 12.9. The normalized spacial score (nSPS) is 23.5. The molecule has 1 aromatic carbocycles. The topological polar surface area (TPSA) is 93.9 Å². The summed E-state index contributed by atoms with van der Waals surface area (Å²) in [4.78, 5) is 16.4. The van der Waals surface area contributed by atoms with Crippen molar-refractivity contribution in [2.75, 3.05) is 49.2 Å². The Hall–Kier alpha value is -2.15. The van der Waals surface area contributed by atoms with E-state index in [1.165, 1.54) is 15.3 Å². The van der Waals surface area contributed by atoms with Gasteiger partial charge in [0.2, 0.25) is 10.0 Å². The number of anilines is 2. The first-order valence-corrected chi connectivity index (χ1v) is 10.1. The Morgan fingerprint density at radius 3 is 2.69 bits per heavy atom. The average molecular weight is 376 g/mol. The second-order valence-electron chi connectivity index (χ2n) is 6.60. The van der Waals surface area contributed by atoms with Crippen molar-refractivity contribution in [1.29, 1.82) is 5.26 Å². The molecule has 0 saturated carbocycles. The van der Waals surface area contributed by atoms with Gasteiger partial charge in [0.25, 0.3) is 5.91 Å². The number of carbonyl (C=O) groups is 1. The SMILES string of the molecule is N#CCN1C(=O)[C@@H]2CCCN2c2ccc(S(=O)(=O)N3CCOCC3)cc21. The zero-order chi connectivity index (χ0) is 18.3. The standard InChI is InChI=1S/C17H20N4O4S/c18-5-7-21-16-12-13(26(23,24)19-8-10-25-11-9-19)3-4-14(16)20-6-1-2-15(20)17(21)22/h3-4,12,15H,1-2,6-11H2/t15-/m0/s1. The lowest BCUT2D eigenvalue weighted by Crippen LogP contribution is -2.50. The van der Waals surface area contributed by atoms with Crippen LogP contribution in [-0.2, 0) is 19.6 Å². The predicted molar refractivity (Wildman–Crippen MR) is 94.4 cm³/mol. The minimum absolute atomic E-state index is 0.0861. The molecule has 26 heavy (non-hydrogen) atoms. The van der Waals surface area contributed by atoms with Crippen molar-refractivity contribution in [1.82, 2.24) is 4.31 Å². The van der Waals surface area contributed by atoms with Gasteiger partial charge in [-0.05, 0) is 31.0 Å². The third-order valence-electron chi connectivity index (χ3n) is 5.19. The van der Waals surface area contributed by atoms with Crippen LogP contribution < -0.4 is 9.80 Å². The van der Waals surface area contributed by atoms with Crippen molar-refractivity contribution in [3.05, 3.63) is 18.2 Å². The molecule has 3 aliphatic heterocycles. The smallest absolute Gasteiger partial charge is 0.250 e. The van der Waals surface area contributed by atoms with Crippen LogP contribution in [0.4, 0.5) is 11.4 Å². The Labute approximate surface area is 152 Å². The number of nitrogens with zero attached hydrogens (tertiary/aromatic N) is 4. The lowest BCUT2D eigenvalue weighted by atomic mass is 10.1. The first-order chi connectivity index (χ1) is 12.5. The van der Waals surface area contributed by atoms with Gasteiger partial charge in [0.1, 0.15) is 12.6 Å². The van der Waals surface area contributed by atoms with E-state index >= 15 is 0 Å². The van der Waals surface area contributed by atoms with E-state index in [-0.39, 0.29) is 23.4 Å². The fourth-order valence-electron chi connectivity index (χ4n) is 3.90. The van der Waals surface area contributed by atoms with E-state index in [9.17, 15) is 13.2 Å². The highest BCUT2D eigenvalue weighted by molar-refractivity contribution is 7.89. The highest BCUT2D eigenvalue weighted by Crippen LogP contribution is 2.41. The van der Waals surface area contributed by atoms with Crippen molar-refractivity contribution in [3.63, 3.8) is 0 Å². The van der Waals surface area contributed by atoms with Gasteiger partial charge < -0.3 is 9.64 Å². The number of benzene rings is 1. The molecule has 1 atom stereocenters. The maximum atomic E-state index is 12.9. The van der Waals surface area contributed by atoms with Gasteiger partial charge in [-0.25, -0.2) is 8.42 Å². The quantitative estimate of drug-likeness (QED) is 0.715. The molecule has 1 aromatic rings. The molecule has 0 radical (unpaired) electrons. The van der Waals surface area contributed by atoms with E-state index in [1.54, 1.807) is 12.1 Å². The van der Waals surface area contributed by atoms with Crippen molar-refractivity contribution in [2.24, 2.45) is 0 Å². The highest BCUT2D eigenvalue weighted by Gasteiger charge is 2.41. The van der Waals surface area contributed by atoms with Gasteiger partial charge in [-0.15, -0.1) is 0 Å². The van der Waals surface area contributed by atoms with Gasteiger partial charge in [0.05, 0.1) is 35.6 Å². The molecule has 2 fully saturated rings. The van der Waals surface area contributed by atoms with Gasteiger partial charge in [0, 0.05) is 19.6 Å². The summed E-state index contributed by atoms with van der Waals surface area (Å²) >= 11 is 0. The summed E-state index contributed by atoms with van der Waals surface area (Å²) in [5.41, 5.74) is 1.33. The predicted octanol–water partition coefficient (Wildman–Crippen LogP) is 0.546. The molecule has 0 aromatic heterocycles. The van der Waals surface area contributed by atoms with Gasteiger partial charge in [-0.3, -0.25) is 9.69 Å². The number of ether oxygens (including phenoxy) is 1. The molecule has 1 amide bonds. The van der Waals surface area contributed by atoms with Gasteiger partial charge >= 0.3 is 0 Å². The van der Waals surface area contributed by atoms with Gasteiger partial charge in [-0.1, -0.05) is 0 Å². The van der Waals surface area contributed by atoms with E-state index < -0.39 is 10.0 Å². The van der Waals surface area contributed by atoms with Gasteiger partial charge in [-0.2, -0.15) is 9.57 Å². The zero-order valence-corrected chi connectivity index (χ0v) is 15.1. The summed E-state index contributed by atoms with van der Waals surface area (Å²) in [6.07, 6.45) is 1.66. The number of hydrogen-bond donors (Lipinski definition) is 0. The van der Waals surface area contributed by atoms with E-state index in [0.717, 1.165) is 25.1 Å². The summed E-state index contributed by atoms with van der Waals surface area (Å²) in [6.45, 7) is 2.05. The van der Waals surface area contributed by atoms with Crippen LogP contribution >= 0.6 is 0 Å². The largest absolute Gasteiger partial charge is 0.379 e. The van der Waals surface area contributed by atoms with Crippen LogP contribution in [0.25, 0.3) is 0 Å². The molecule has 0 spiro atoms. The Balaban J connectivity index is 1.77. The average Bonchev–Trinajstić information content (AvgIpc) is 3.15. The molecule has 2 saturated heterocycles. The number of hydrogen-bond acceptors (Lipinski definition) is 6. The monoisotopic (exact) mass is 376 g/mol. The van der Waals surface area contributed by atoms with Crippen LogP contribution in [0, 0.1) is 11.3 Å². The Morgan fingerprint density at radius 1 is 1.19 bits per heavy atom. The summed E-state index contributed by atoms with van der Waals surface area (Å²) in [7, 11) is -3.66. The summed E-state index contributed by atoms with van der Waals surface area (Å²) < 4.78 is 32.5. The minimum atomic E-state index is -3.66.